The molecule has 0 aliphatic heterocycles. The Hall–Kier alpha value is -2.08. The van der Waals surface area contributed by atoms with E-state index in [1.54, 1.807) is 36.3 Å². The van der Waals surface area contributed by atoms with Crippen LogP contribution in [0.25, 0.3) is 0 Å². The number of amides is 2. The number of aromatic nitrogens is 3. The summed E-state index contributed by atoms with van der Waals surface area (Å²) in [5.74, 6) is 0.479. The maximum absolute atomic E-state index is 11.7. The van der Waals surface area contributed by atoms with Crippen LogP contribution in [0.3, 0.4) is 0 Å². The Morgan fingerprint density at radius 3 is 2.89 bits per heavy atom. The number of carbonyl (C=O) groups excluding carboxylic acids is 1. The number of nitrogens with zero attached hydrogens (tertiary/aromatic N) is 3. The van der Waals surface area contributed by atoms with Crippen molar-refractivity contribution >= 4 is 29.1 Å². The Balaban J connectivity index is 2.05. The van der Waals surface area contributed by atoms with Crippen molar-refractivity contribution < 1.29 is 4.79 Å². The molecular weight excluding hydrogens is 254 g/mol. The number of carbonyl (C=O) groups is 1. The van der Waals surface area contributed by atoms with E-state index in [-0.39, 0.29) is 6.03 Å². The van der Waals surface area contributed by atoms with Gasteiger partial charge in [-0.1, -0.05) is 11.6 Å². The summed E-state index contributed by atoms with van der Waals surface area (Å²) in [5.41, 5.74) is 1.44. The molecule has 6 nitrogen and oxygen atoms in total. The van der Waals surface area contributed by atoms with Crippen molar-refractivity contribution in [3.63, 3.8) is 0 Å². The molecule has 94 valence electrons. The fraction of sp³-hybridized carbons (Fsp3) is 0.182. The standard InChI is InChI=1S/C11H12ClN5O/c1-7-6-13-9(12)5-8(7)14-11(18)15-10-3-4-17(2)16-10/h3-6H,1-2H3,(H2,13,14,15,16,18). The zero-order chi connectivity index (χ0) is 13.1. The average Bonchev–Trinajstić information content (AvgIpc) is 2.69. The van der Waals surface area contributed by atoms with E-state index < -0.39 is 0 Å². The highest BCUT2D eigenvalue weighted by Crippen LogP contribution is 2.17. The molecule has 2 aromatic heterocycles. The van der Waals surface area contributed by atoms with Crippen LogP contribution in [0, 0.1) is 6.92 Å². The second kappa shape index (κ2) is 5.05. The number of nitrogens with one attached hydrogen (secondary N) is 2. The maximum Gasteiger partial charge on any atom is 0.324 e. The number of hydrogen-bond donors (Lipinski definition) is 2. The van der Waals surface area contributed by atoms with E-state index in [1.807, 2.05) is 6.92 Å². The van der Waals surface area contributed by atoms with Gasteiger partial charge in [-0.25, -0.2) is 9.78 Å². The quantitative estimate of drug-likeness (QED) is 0.819. The first-order valence-electron chi connectivity index (χ1n) is 5.24. The van der Waals surface area contributed by atoms with E-state index in [0.29, 0.717) is 16.7 Å². The molecule has 0 aromatic carbocycles. The maximum atomic E-state index is 11.7. The molecular formula is C11H12ClN5O. The van der Waals surface area contributed by atoms with Crippen molar-refractivity contribution in [1.82, 2.24) is 14.8 Å². The number of anilines is 2. The number of pyridine rings is 1. The molecule has 0 radical (unpaired) electrons. The van der Waals surface area contributed by atoms with Crippen LogP contribution in [0.15, 0.2) is 24.5 Å². The van der Waals surface area contributed by atoms with Gasteiger partial charge < -0.3 is 5.32 Å². The van der Waals surface area contributed by atoms with Crippen LogP contribution in [0.2, 0.25) is 5.15 Å². The zero-order valence-electron chi connectivity index (χ0n) is 9.94. The predicted molar refractivity (Wildman–Crippen MR) is 69.8 cm³/mol. The lowest BCUT2D eigenvalue weighted by Crippen LogP contribution is -2.20. The van der Waals surface area contributed by atoms with Crippen molar-refractivity contribution in [2.24, 2.45) is 7.05 Å². The molecule has 0 saturated carbocycles. The molecule has 7 heteroatoms. The highest BCUT2D eigenvalue weighted by Gasteiger charge is 2.07. The van der Waals surface area contributed by atoms with E-state index >= 15 is 0 Å². The van der Waals surface area contributed by atoms with Crippen LogP contribution in [0.1, 0.15) is 5.56 Å². The Morgan fingerprint density at radius 2 is 2.22 bits per heavy atom. The fourth-order valence-corrected chi connectivity index (χ4v) is 1.54. The Kier molecular flexibility index (Phi) is 3.47. The normalized spacial score (nSPS) is 10.2. The van der Waals surface area contributed by atoms with E-state index in [4.69, 9.17) is 11.6 Å². The SMILES string of the molecule is Cc1cnc(Cl)cc1NC(=O)Nc1ccn(C)n1. The van der Waals surface area contributed by atoms with Crippen molar-refractivity contribution in [2.45, 2.75) is 6.92 Å². The molecule has 0 aliphatic carbocycles. The van der Waals surface area contributed by atoms with Gasteiger partial charge in [0.05, 0.1) is 0 Å². The van der Waals surface area contributed by atoms with Gasteiger partial charge >= 0.3 is 6.03 Å². The summed E-state index contributed by atoms with van der Waals surface area (Å²) in [6.45, 7) is 1.83. The number of urea groups is 1. The zero-order valence-corrected chi connectivity index (χ0v) is 10.7. The van der Waals surface area contributed by atoms with Gasteiger partial charge in [-0.3, -0.25) is 10.00 Å². The first-order chi connectivity index (χ1) is 8.54. The van der Waals surface area contributed by atoms with Gasteiger partial charge in [0.25, 0.3) is 0 Å². The van der Waals surface area contributed by atoms with Crippen LogP contribution in [0.5, 0.6) is 0 Å². The lowest BCUT2D eigenvalue weighted by molar-refractivity contribution is 0.262. The summed E-state index contributed by atoms with van der Waals surface area (Å²) in [5, 5.41) is 9.66. The molecule has 0 spiro atoms. The Labute approximate surface area is 109 Å². The monoisotopic (exact) mass is 265 g/mol. The largest absolute Gasteiger partial charge is 0.324 e. The van der Waals surface area contributed by atoms with Crippen molar-refractivity contribution in [2.75, 3.05) is 10.6 Å². The van der Waals surface area contributed by atoms with E-state index in [2.05, 4.69) is 20.7 Å². The molecule has 2 aromatic rings. The minimum Gasteiger partial charge on any atom is -0.307 e. The average molecular weight is 266 g/mol. The van der Waals surface area contributed by atoms with E-state index in [1.165, 1.54) is 0 Å². The minimum absolute atomic E-state index is 0.328. The highest BCUT2D eigenvalue weighted by molar-refractivity contribution is 6.29. The predicted octanol–water partition coefficient (Wildman–Crippen LogP) is 2.42. The van der Waals surface area contributed by atoms with Crippen molar-refractivity contribution in [1.29, 1.82) is 0 Å². The summed E-state index contributed by atoms with van der Waals surface area (Å²) in [6, 6.07) is 2.92. The summed E-state index contributed by atoms with van der Waals surface area (Å²) in [7, 11) is 1.77. The lowest BCUT2D eigenvalue weighted by Gasteiger charge is -2.08. The summed E-state index contributed by atoms with van der Waals surface area (Å²) in [4.78, 5) is 15.6. The third-order valence-corrected chi connectivity index (χ3v) is 2.48. The minimum atomic E-state index is -0.376. The molecule has 0 fully saturated rings. The third kappa shape index (κ3) is 2.98. The van der Waals surface area contributed by atoms with Crippen LogP contribution in [-0.2, 0) is 7.05 Å². The number of halogens is 1. The van der Waals surface area contributed by atoms with Crippen LogP contribution >= 0.6 is 11.6 Å². The van der Waals surface area contributed by atoms with E-state index in [0.717, 1.165) is 5.56 Å². The van der Waals surface area contributed by atoms with Crippen LogP contribution in [-0.4, -0.2) is 20.8 Å². The second-order valence-corrected chi connectivity index (χ2v) is 4.16. The van der Waals surface area contributed by atoms with Crippen molar-refractivity contribution in [3.8, 4) is 0 Å². The molecule has 2 rings (SSSR count). The molecule has 0 bridgehead atoms. The smallest absolute Gasteiger partial charge is 0.307 e. The molecule has 2 amide bonds. The Bertz CT molecular complexity index is 581. The molecule has 0 unspecified atom stereocenters. The first-order valence-corrected chi connectivity index (χ1v) is 5.62. The second-order valence-electron chi connectivity index (χ2n) is 3.78. The first kappa shape index (κ1) is 12.4. The van der Waals surface area contributed by atoms with Gasteiger partial charge in [0.15, 0.2) is 5.82 Å². The summed E-state index contributed by atoms with van der Waals surface area (Å²) in [6.07, 6.45) is 3.34. The fourth-order valence-electron chi connectivity index (χ4n) is 1.38. The van der Waals surface area contributed by atoms with Gasteiger partial charge in [0.2, 0.25) is 0 Å². The van der Waals surface area contributed by atoms with Crippen molar-refractivity contribution in [3.05, 3.63) is 35.2 Å². The van der Waals surface area contributed by atoms with E-state index in [9.17, 15) is 4.79 Å². The molecule has 0 aliphatic rings. The lowest BCUT2D eigenvalue weighted by atomic mass is 10.2. The molecule has 0 saturated heterocycles. The molecule has 2 heterocycles. The van der Waals surface area contributed by atoms with Gasteiger partial charge in [-0.05, 0) is 18.6 Å². The number of rotatable bonds is 2. The van der Waals surface area contributed by atoms with Gasteiger partial charge in [-0.2, -0.15) is 5.10 Å². The van der Waals surface area contributed by atoms with Gasteiger partial charge in [-0.15, -0.1) is 0 Å². The van der Waals surface area contributed by atoms with Gasteiger partial charge in [0.1, 0.15) is 5.15 Å². The summed E-state index contributed by atoms with van der Waals surface area (Å²) >= 11 is 5.77. The third-order valence-electron chi connectivity index (χ3n) is 2.27. The van der Waals surface area contributed by atoms with Gasteiger partial charge in [0, 0.05) is 31.2 Å². The van der Waals surface area contributed by atoms with Crippen LogP contribution < -0.4 is 10.6 Å². The summed E-state index contributed by atoms with van der Waals surface area (Å²) < 4.78 is 1.60. The topological polar surface area (TPSA) is 71.8 Å². The Morgan fingerprint density at radius 1 is 1.44 bits per heavy atom. The number of aryl methyl sites for hydroxylation is 2. The molecule has 2 N–H and O–H groups in total. The molecule has 0 atom stereocenters. The van der Waals surface area contributed by atoms with Crippen LogP contribution in [0.4, 0.5) is 16.3 Å². The molecule has 18 heavy (non-hydrogen) atoms. The number of hydrogen-bond acceptors (Lipinski definition) is 3. The highest BCUT2D eigenvalue weighted by atomic mass is 35.5.